The average molecular weight is 392 g/mol. The lowest BCUT2D eigenvalue weighted by atomic mass is 9.79. The van der Waals surface area contributed by atoms with Gasteiger partial charge in [-0.3, -0.25) is 0 Å². The molecule has 0 radical (unpaired) electrons. The number of benzene rings is 1. The van der Waals surface area contributed by atoms with Crippen LogP contribution in [0.2, 0.25) is 0 Å². The van der Waals surface area contributed by atoms with E-state index < -0.39 is 0 Å². The van der Waals surface area contributed by atoms with Crippen LogP contribution in [0.4, 0.5) is 0 Å². The van der Waals surface area contributed by atoms with Crippen LogP contribution in [0.3, 0.4) is 0 Å². The van der Waals surface area contributed by atoms with Crippen LogP contribution in [-0.2, 0) is 15.9 Å². The van der Waals surface area contributed by atoms with Gasteiger partial charge in [0, 0.05) is 10.4 Å². The molecule has 1 aliphatic carbocycles. The Labute approximate surface area is 168 Å². The molecule has 2 aromatic rings. The summed E-state index contributed by atoms with van der Waals surface area (Å²) >= 11 is 1.64. The van der Waals surface area contributed by atoms with Crippen molar-refractivity contribution in [1.29, 1.82) is 5.26 Å². The quantitative estimate of drug-likeness (QED) is 0.529. The van der Waals surface area contributed by atoms with E-state index in [1.165, 1.54) is 12.0 Å². The summed E-state index contributed by atoms with van der Waals surface area (Å²) in [5.74, 6) is 1.70. The number of nitriles is 1. The van der Waals surface area contributed by atoms with Crippen LogP contribution in [0.25, 0.3) is 5.76 Å². The van der Waals surface area contributed by atoms with E-state index in [9.17, 15) is 5.26 Å². The van der Waals surface area contributed by atoms with Gasteiger partial charge in [-0.25, -0.2) is 0 Å². The first-order valence-electron chi connectivity index (χ1n) is 9.16. The maximum atomic E-state index is 9.91. The highest BCUT2D eigenvalue weighted by atomic mass is 32.1. The second kappa shape index (κ2) is 7.91. The van der Waals surface area contributed by atoms with Crippen LogP contribution in [0.1, 0.15) is 35.3 Å². The topological polar surface area (TPSA) is 63.8 Å². The van der Waals surface area contributed by atoms with Gasteiger partial charge in [-0.05, 0) is 54.5 Å². The van der Waals surface area contributed by atoms with E-state index in [1.54, 1.807) is 18.4 Å². The van der Waals surface area contributed by atoms with Crippen LogP contribution in [0, 0.1) is 11.3 Å². The number of hydrogen-bond acceptors (Lipinski definition) is 6. The van der Waals surface area contributed by atoms with E-state index in [0.717, 1.165) is 40.4 Å². The second-order valence-electron chi connectivity index (χ2n) is 6.45. The molecule has 1 aromatic heterocycles. The van der Waals surface area contributed by atoms with Crippen molar-refractivity contribution in [3.63, 3.8) is 0 Å². The molecule has 0 bridgehead atoms. The molecule has 1 atom stereocenters. The van der Waals surface area contributed by atoms with E-state index in [2.05, 4.69) is 23.2 Å². The Hall–Kier alpha value is -3.04. The monoisotopic (exact) mass is 392 g/mol. The van der Waals surface area contributed by atoms with Gasteiger partial charge in [0.25, 0.3) is 0 Å². The van der Waals surface area contributed by atoms with Crippen molar-refractivity contribution in [2.45, 2.75) is 25.7 Å². The van der Waals surface area contributed by atoms with Gasteiger partial charge in [-0.1, -0.05) is 12.1 Å². The number of allylic oxidation sites excluding steroid dienone is 2. The third-order valence-corrected chi connectivity index (χ3v) is 5.88. The van der Waals surface area contributed by atoms with Crippen LogP contribution < -0.4 is 4.74 Å². The number of fused-ring (bicyclic) bond motifs is 2. The first kappa shape index (κ1) is 18.3. The molecule has 0 saturated carbocycles. The highest BCUT2D eigenvalue weighted by molar-refractivity contribution is 7.10. The molecule has 28 heavy (non-hydrogen) atoms. The number of thiophene rings is 1. The zero-order valence-corrected chi connectivity index (χ0v) is 16.6. The molecule has 0 saturated heterocycles. The molecule has 0 fully saturated rings. The zero-order valence-electron chi connectivity index (χ0n) is 15.8. The van der Waals surface area contributed by atoms with Crippen LogP contribution in [0.5, 0.6) is 5.75 Å². The number of ether oxygens (including phenoxy) is 3. The number of aryl methyl sites for hydroxylation is 1. The summed E-state index contributed by atoms with van der Waals surface area (Å²) in [6.07, 6.45) is 3.09. The van der Waals surface area contributed by atoms with Gasteiger partial charge < -0.3 is 14.2 Å². The maximum Gasteiger partial charge on any atom is 0.236 e. The molecule has 4 rings (SSSR count). The van der Waals surface area contributed by atoms with Crippen molar-refractivity contribution in [2.75, 3.05) is 13.7 Å². The van der Waals surface area contributed by atoms with Crippen LogP contribution in [-0.4, -0.2) is 20.1 Å². The molecule has 0 amide bonds. The first-order valence-corrected chi connectivity index (χ1v) is 10.0. The summed E-state index contributed by atoms with van der Waals surface area (Å²) in [5.41, 5.74) is 3.85. The van der Waals surface area contributed by atoms with E-state index in [-0.39, 0.29) is 5.92 Å². The van der Waals surface area contributed by atoms with E-state index >= 15 is 0 Å². The van der Waals surface area contributed by atoms with Gasteiger partial charge in [0.2, 0.25) is 5.88 Å². The van der Waals surface area contributed by atoms with E-state index in [1.807, 2.05) is 30.5 Å². The fourth-order valence-electron chi connectivity index (χ4n) is 3.65. The summed E-state index contributed by atoms with van der Waals surface area (Å²) in [6.45, 7) is 2.38. The smallest absolute Gasteiger partial charge is 0.236 e. The van der Waals surface area contributed by atoms with Crippen molar-refractivity contribution >= 4 is 23.5 Å². The summed E-state index contributed by atoms with van der Waals surface area (Å²) in [4.78, 5) is 5.43. The molecule has 6 heteroatoms. The molecule has 1 unspecified atom stereocenters. The fourth-order valence-corrected chi connectivity index (χ4v) is 4.52. The number of rotatable bonds is 5. The Bertz CT molecular complexity index is 1010. The standard InChI is InChI=1S/C22H20N2O3S/c1-3-26-13-24-22-18(12-23)20(19-5-4-10-28-19)16-9-7-14-6-8-15(25-2)11-17(14)21(16)27-22/h4-6,8,10-11,13,20H,3,7,9H2,1-2H3/b24-13+. The highest BCUT2D eigenvalue weighted by Gasteiger charge is 2.37. The zero-order chi connectivity index (χ0) is 19.5. The summed E-state index contributed by atoms with van der Waals surface area (Å²) in [6, 6.07) is 12.4. The normalized spacial score (nSPS) is 18.4. The molecule has 2 aliphatic rings. The van der Waals surface area contributed by atoms with E-state index in [0.29, 0.717) is 18.1 Å². The van der Waals surface area contributed by atoms with Crippen molar-refractivity contribution in [1.82, 2.24) is 0 Å². The molecule has 2 heterocycles. The van der Waals surface area contributed by atoms with Crippen LogP contribution >= 0.6 is 11.3 Å². The predicted octanol–water partition coefficient (Wildman–Crippen LogP) is 5.03. The minimum Gasteiger partial charge on any atom is -0.497 e. The average Bonchev–Trinajstić information content (AvgIpc) is 3.26. The Morgan fingerprint density at radius 1 is 1.36 bits per heavy atom. The van der Waals surface area contributed by atoms with Crippen molar-refractivity contribution in [2.24, 2.45) is 4.99 Å². The SMILES string of the molecule is CCO/C=N/C1=C(C#N)C(c2cccs2)C2=C(O1)c1cc(OC)ccc1CC2. The minimum atomic E-state index is -0.151. The Morgan fingerprint density at radius 3 is 2.96 bits per heavy atom. The molecule has 5 nitrogen and oxygen atoms in total. The van der Waals surface area contributed by atoms with Crippen LogP contribution in [0.15, 0.2) is 57.7 Å². The number of nitrogens with zero attached hydrogens (tertiary/aromatic N) is 2. The van der Waals surface area contributed by atoms with Gasteiger partial charge in [-0.15, -0.1) is 11.3 Å². The van der Waals surface area contributed by atoms with Gasteiger partial charge in [-0.2, -0.15) is 10.3 Å². The predicted molar refractivity (Wildman–Crippen MR) is 109 cm³/mol. The summed E-state index contributed by atoms with van der Waals surface area (Å²) < 4.78 is 16.9. The van der Waals surface area contributed by atoms with Gasteiger partial charge >= 0.3 is 0 Å². The third kappa shape index (κ3) is 3.19. The number of aliphatic imine (C=N–C) groups is 1. The lowest BCUT2D eigenvalue weighted by Gasteiger charge is -2.32. The fraction of sp³-hybridized carbons (Fsp3) is 0.273. The summed E-state index contributed by atoms with van der Waals surface area (Å²) in [7, 11) is 1.65. The largest absolute Gasteiger partial charge is 0.497 e. The lowest BCUT2D eigenvalue weighted by molar-refractivity contribution is 0.325. The molecular weight excluding hydrogens is 372 g/mol. The molecule has 1 aliphatic heterocycles. The molecule has 1 aromatic carbocycles. The Morgan fingerprint density at radius 2 is 2.25 bits per heavy atom. The maximum absolute atomic E-state index is 9.91. The summed E-state index contributed by atoms with van der Waals surface area (Å²) in [5, 5.41) is 11.9. The van der Waals surface area contributed by atoms with Gasteiger partial charge in [0.05, 0.1) is 19.6 Å². The Kier molecular flexibility index (Phi) is 5.18. The van der Waals surface area contributed by atoms with Gasteiger partial charge in [0.1, 0.15) is 23.2 Å². The third-order valence-electron chi connectivity index (χ3n) is 4.94. The first-order chi connectivity index (χ1) is 13.8. The van der Waals surface area contributed by atoms with Crippen molar-refractivity contribution in [3.8, 4) is 11.8 Å². The van der Waals surface area contributed by atoms with Crippen molar-refractivity contribution < 1.29 is 14.2 Å². The number of methoxy groups -OCH3 is 1. The highest BCUT2D eigenvalue weighted by Crippen LogP contribution is 2.49. The van der Waals surface area contributed by atoms with E-state index in [4.69, 9.17) is 14.2 Å². The lowest BCUT2D eigenvalue weighted by Crippen LogP contribution is -2.19. The van der Waals surface area contributed by atoms with Gasteiger partial charge in [0.15, 0.2) is 6.40 Å². The Balaban J connectivity index is 1.88. The van der Waals surface area contributed by atoms with Crippen molar-refractivity contribution in [3.05, 3.63) is 68.7 Å². The number of hydrogen-bond donors (Lipinski definition) is 0. The molecular formula is C22H20N2O3S. The molecule has 0 N–H and O–H groups in total. The molecule has 0 spiro atoms. The molecule has 142 valence electrons. The minimum absolute atomic E-state index is 0.151. The second-order valence-corrected chi connectivity index (χ2v) is 7.43.